The Kier molecular flexibility index (Phi) is 3.79. The molecule has 0 saturated heterocycles. The average molecular weight is 265 g/mol. The molecule has 102 valence electrons. The normalized spacial score (nSPS) is 11.1. The van der Waals surface area contributed by atoms with Crippen LogP contribution in [0.25, 0.3) is 10.9 Å². The second kappa shape index (κ2) is 5.88. The predicted octanol–water partition coefficient (Wildman–Crippen LogP) is 2.91. The van der Waals surface area contributed by atoms with Gasteiger partial charge in [0.25, 0.3) is 0 Å². The second-order valence-electron chi connectivity index (χ2n) is 5.07. The van der Waals surface area contributed by atoms with Crippen molar-refractivity contribution in [2.24, 2.45) is 7.05 Å². The molecule has 2 heterocycles. The van der Waals surface area contributed by atoms with Gasteiger partial charge in [-0.05, 0) is 36.2 Å². The van der Waals surface area contributed by atoms with Crippen LogP contribution in [0.5, 0.6) is 0 Å². The van der Waals surface area contributed by atoms with Gasteiger partial charge < -0.3 is 9.88 Å². The van der Waals surface area contributed by atoms with Crippen molar-refractivity contribution in [1.29, 1.82) is 0 Å². The highest BCUT2D eigenvalue weighted by Crippen LogP contribution is 2.19. The molecule has 0 aliphatic heterocycles. The summed E-state index contributed by atoms with van der Waals surface area (Å²) < 4.78 is 2.19. The lowest BCUT2D eigenvalue weighted by atomic mass is 10.1. The lowest BCUT2D eigenvalue weighted by Crippen LogP contribution is -2.16. The van der Waals surface area contributed by atoms with Gasteiger partial charge in [-0.1, -0.05) is 24.3 Å². The molecule has 0 aliphatic rings. The molecule has 3 heteroatoms. The molecular formula is C17H19N3. The third-order valence-corrected chi connectivity index (χ3v) is 3.61. The van der Waals surface area contributed by atoms with E-state index in [1.165, 1.54) is 22.0 Å². The monoisotopic (exact) mass is 265 g/mol. The first-order valence-electron chi connectivity index (χ1n) is 6.97. The van der Waals surface area contributed by atoms with Crippen molar-refractivity contribution in [3.05, 3.63) is 66.1 Å². The topological polar surface area (TPSA) is 29.9 Å². The van der Waals surface area contributed by atoms with Gasteiger partial charge in [-0.25, -0.2) is 0 Å². The summed E-state index contributed by atoms with van der Waals surface area (Å²) in [5.74, 6) is 0. The van der Waals surface area contributed by atoms with Crippen LogP contribution < -0.4 is 5.32 Å². The number of rotatable bonds is 5. The Morgan fingerprint density at radius 1 is 1.15 bits per heavy atom. The zero-order valence-electron chi connectivity index (χ0n) is 11.7. The number of nitrogens with zero attached hydrogens (tertiary/aromatic N) is 2. The Balaban J connectivity index is 1.60. The number of hydrogen-bond acceptors (Lipinski definition) is 2. The third-order valence-electron chi connectivity index (χ3n) is 3.61. The number of para-hydroxylation sites is 1. The van der Waals surface area contributed by atoms with E-state index < -0.39 is 0 Å². The lowest BCUT2D eigenvalue weighted by molar-refractivity contribution is 0.687. The van der Waals surface area contributed by atoms with Crippen LogP contribution in [0.1, 0.15) is 11.1 Å². The Labute approximate surface area is 119 Å². The molecule has 3 aromatic rings. The Hall–Kier alpha value is -2.13. The minimum Gasteiger partial charge on any atom is -0.350 e. The third kappa shape index (κ3) is 2.73. The first kappa shape index (κ1) is 12.9. The second-order valence-corrected chi connectivity index (χ2v) is 5.07. The standard InChI is InChI=1S/C17H19N3/c1-20-13-15(16-6-2-3-7-17(16)20)12-19-10-8-14-5-4-9-18-11-14/h2-7,9,11,13,19H,8,10,12H2,1H3. The zero-order valence-corrected chi connectivity index (χ0v) is 11.7. The first-order chi connectivity index (χ1) is 9.84. The van der Waals surface area contributed by atoms with Gasteiger partial charge in [-0.3, -0.25) is 4.98 Å². The van der Waals surface area contributed by atoms with E-state index in [1.54, 1.807) is 0 Å². The highest BCUT2D eigenvalue weighted by molar-refractivity contribution is 5.83. The molecule has 0 atom stereocenters. The Morgan fingerprint density at radius 3 is 2.90 bits per heavy atom. The van der Waals surface area contributed by atoms with Crippen LogP contribution in [0, 0.1) is 0 Å². The van der Waals surface area contributed by atoms with Crippen molar-refractivity contribution >= 4 is 10.9 Å². The molecule has 20 heavy (non-hydrogen) atoms. The number of nitrogens with one attached hydrogen (secondary N) is 1. The highest BCUT2D eigenvalue weighted by atomic mass is 14.9. The number of aromatic nitrogens is 2. The van der Waals surface area contributed by atoms with E-state index in [4.69, 9.17) is 0 Å². The molecule has 1 N–H and O–H groups in total. The van der Waals surface area contributed by atoms with Gasteiger partial charge in [0.05, 0.1) is 0 Å². The van der Waals surface area contributed by atoms with Crippen LogP contribution in [-0.4, -0.2) is 16.1 Å². The molecule has 2 aromatic heterocycles. The maximum atomic E-state index is 4.13. The Bertz CT molecular complexity index is 686. The van der Waals surface area contributed by atoms with E-state index >= 15 is 0 Å². The number of aryl methyl sites for hydroxylation is 1. The molecular weight excluding hydrogens is 246 g/mol. The van der Waals surface area contributed by atoms with Crippen molar-refractivity contribution in [1.82, 2.24) is 14.9 Å². The number of benzene rings is 1. The molecule has 3 rings (SSSR count). The van der Waals surface area contributed by atoms with Crippen molar-refractivity contribution in [2.45, 2.75) is 13.0 Å². The molecule has 0 bridgehead atoms. The van der Waals surface area contributed by atoms with E-state index in [0.29, 0.717) is 0 Å². The van der Waals surface area contributed by atoms with Crippen LogP contribution in [-0.2, 0) is 20.0 Å². The Morgan fingerprint density at radius 2 is 2.05 bits per heavy atom. The molecule has 0 spiro atoms. The van der Waals surface area contributed by atoms with E-state index in [1.807, 2.05) is 18.5 Å². The van der Waals surface area contributed by atoms with E-state index in [9.17, 15) is 0 Å². The summed E-state index contributed by atoms with van der Waals surface area (Å²) in [5.41, 5.74) is 3.92. The minimum absolute atomic E-state index is 0.904. The molecule has 0 unspecified atom stereocenters. The van der Waals surface area contributed by atoms with Gasteiger partial charge in [0, 0.05) is 43.1 Å². The SMILES string of the molecule is Cn1cc(CNCCc2cccnc2)c2ccccc21. The predicted molar refractivity (Wildman–Crippen MR) is 82.6 cm³/mol. The summed E-state index contributed by atoms with van der Waals surface area (Å²) in [5, 5.41) is 4.85. The molecule has 0 amide bonds. The van der Waals surface area contributed by atoms with Crippen molar-refractivity contribution < 1.29 is 0 Å². The van der Waals surface area contributed by atoms with E-state index in [-0.39, 0.29) is 0 Å². The summed E-state index contributed by atoms with van der Waals surface area (Å²) in [6, 6.07) is 12.6. The van der Waals surface area contributed by atoms with Gasteiger partial charge in [0.15, 0.2) is 0 Å². The van der Waals surface area contributed by atoms with Crippen LogP contribution >= 0.6 is 0 Å². The maximum absolute atomic E-state index is 4.13. The summed E-state index contributed by atoms with van der Waals surface area (Å²) in [7, 11) is 2.10. The van der Waals surface area contributed by atoms with Crippen molar-refractivity contribution in [2.75, 3.05) is 6.54 Å². The quantitative estimate of drug-likeness (QED) is 0.719. The van der Waals surface area contributed by atoms with Gasteiger partial charge in [-0.15, -0.1) is 0 Å². The molecule has 0 fully saturated rings. The lowest BCUT2D eigenvalue weighted by Gasteiger charge is -2.04. The van der Waals surface area contributed by atoms with Gasteiger partial charge in [0.2, 0.25) is 0 Å². The van der Waals surface area contributed by atoms with Gasteiger partial charge in [0.1, 0.15) is 0 Å². The fraction of sp³-hybridized carbons (Fsp3) is 0.235. The molecule has 3 nitrogen and oxygen atoms in total. The molecule has 0 saturated carbocycles. The van der Waals surface area contributed by atoms with E-state index in [0.717, 1.165) is 19.5 Å². The van der Waals surface area contributed by atoms with Gasteiger partial charge in [-0.2, -0.15) is 0 Å². The molecule has 0 aliphatic carbocycles. The van der Waals surface area contributed by atoms with Crippen LogP contribution in [0.4, 0.5) is 0 Å². The van der Waals surface area contributed by atoms with Crippen molar-refractivity contribution in [3.8, 4) is 0 Å². The highest BCUT2D eigenvalue weighted by Gasteiger charge is 2.04. The fourth-order valence-electron chi connectivity index (χ4n) is 2.57. The number of hydrogen-bond donors (Lipinski definition) is 1. The van der Waals surface area contributed by atoms with Crippen LogP contribution in [0.3, 0.4) is 0 Å². The average Bonchev–Trinajstić information content (AvgIpc) is 2.82. The van der Waals surface area contributed by atoms with Crippen LogP contribution in [0.15, 0.2) is 55.0 Å². The van der Waals surface area contributed by atoms with Gasteiger partial charge >= 0.3 is 0 Å². The fourth-order valence-corrected chi connectivity index (χ4v) is 2.57. The summed E-state index contributed by atoms with van der Waals surface area (Å²) in [6.07, 6.45) is 6.97. The van der Waals surface area contributed by atoms with E-state index in [2.05, 4.69) is 58.4 Å². The maximum Gasteiger partial charge on any atom is 0.0481 e. The number of fused-ring (bicyclic) bond motifs is 1. The summed E-state index contributed by atoms with van der Waals surface area (Å²) in [4.78, 5) is 4.13. The largest absolute Gasteiger partial charge is 0.350 e. The van der Waals surface area contributed by atoms with Crippen molar-refractivity contribution in [3.63, 3.8) is 0 Å². The zero-order chi connectivity index (χ0) is 13.8. The first-order valence-corrected chi connectivity index (χ1v) is 6.97. The minimum atomic E-state index is 0.904. The molecule has 1 aromatic carbocycles. The summed E-state index contributed by atoms with van der Waals surface area (Å²) in [6.45, 7) is 1.87. The number of pyridine rings is 1. The van der Waals surface area contributed by atoms with Crippen LogP contribution in [0.2, 0.25) is 0 Å². The smallest absolute Gasteiger partial charge is 0.0481 e. The summed E-state index contributed by atoms with van der Waals surface area (Å²) >= 11 is 0. The molecule has 0 radical (unpaired) electrons.